The molecule has 1 amide bonds. The number of carbonyl (C=O) groups is 1. The molecule has 0 heterocycles. The van der Waals surface area contributed by atoms with Crippen LogP contribution in [0, 0.1) is 17.3 Å². The van der Waals surface area contributed by atoms with Gasteiger partial charge in [0.2, 0.25) is 0 Å². The van der Waals surface area contributed by atoms with Crippen molar-refractivity contribution in [1.29, 1.82) is 0 Å². The maximum atomic E-state index is 10.1. The van der Waals surface area contributed by atoms with E-state index in [1.54, 1.807) is 0 Å². The van der Waals surface area contributed by atoms with Crippen molar-refractivity contribution >= 4 is 5.91 Å². The van der Waals surface area contributed by atoms with Crippen molar-refractivity contribution in [3.8, 4) is 11.8 Å². The van der Waals surface area contributed by atoms with Gasteiger partial charge < -0.3 is 5.73 Å². The number of carbonyl (C=O) groups excluding carboxylic acids is 1. The molecule has 2 heteroatoms. The van der Waals surface area contributed by atoms with Crippen LogP contribution in [0.25, 0.3) is 0 Å². The summed E-state index contributed by atoms with van der Waals surface area (Å²) in [6.45, 7) is 5.76. The highest BCUT2D eigenvalue weighted by Crippen LogP contribution is 2.09. The van der Waals surface area contributed by atoms with Gasteiger partial charge in [-0.25, -0.2) is 0 Å². The molecule has 0 fully saturated rings. The first-order valence-electron chi connectivity index (χ1n) is 2.74. The van der Waals surface area contributed by atoms with Crippen molar-refractivity contribution < 1.29 is 4.79 Å². The van der Waals surface area contributed by atoms with Gasteiger partial charge in [0, 0.05) is 5.41 Å². The van der Waals surface area contributed by atoms with Gasteiger partial charge in [-0.3, -0.25) is 4.79 Å². The summed E-state index contributed by atoms with van der Waals surface area (Å²) >= 11 is 0. The monoisotopic (exact) mass is 125 g/mol. The van der Waals surface area contributed by atoms with Crippen LogP contribution in [0.4, 0.5) is 0 Å². The summed E-state index contributed by atoms with van der Waals surface area (Å²) in [5, 5.41) is 0. The Hall–Kier alpha value is -0.970. The fourth-order valence-corrected chi connectivity index (χ4v) is 0.249. The highest BCUT2D eigenvalue weighted by atomic mass is 16.1. The van der Waals surface area contributed by atoms with Crippen LogP contribution in [-0.2, 0) is 4.79 Å². The highest BCUT2D eigenvalue weighted by molar-refractivity contribution is 5.92. The lowest BCUT2D eigenvalue weighted by Crippen LogP contribution is -2.08. The van der Waals surface area contributed by atoms with Gasteiger partial charge in [-0.2, -0.15) is 0 Å². The molecule has 0 aliphatic rings. The largest absolute Gasteiger partial charge is 0.359 e. The molecule has 2 N–H and O–H groups in total. The molecule has 0 aromatic heterocycles. The summed E-state index contributed by atoms with van der Waals surface area (Å²) in [6.07, 6.45) is 0. The standard InChI is InChI=1S/C7H11NO/c1-7(2,3)5-4-6(8)9/h1-3H3,(H2,8,9). The molecule has 0 aromatic rings. The number of primary amides is 1. The van der Waals surface area contributed by atoms with Gasteiger partial charge in [-0.05, 0) is 26.7 Å². The van der Waals surface area contributed by atoms with Crippen molar-refractivity contribution in [2.45, 2.75) is 20.8 Å². The Morgan fingerprint density at radius 2 is 1.89 bits per heavy atom. The zero-order chi connectivity index (χ0) is 7.49. The number of hydrogen-bond donors (Lipinski definition) is 1. The van der Waals surface area contributed by atoms with Crippen molar-refractivity contribution in [2.75, 3.05) is 0 Å². The SMILES string of the molecule is CC(C)(C)C#CC(N)=O. The van der Waals surface area contributed by atoms with Gasteiger partial charge in [0.15, 0.2) is 0 Å². The van der Waals surface area contributed by atoms with Gasteiger partial charge in [0.25, 0.3) is 5.91 Å². The number of hydrogen-bond acceptors (Lipinski definition) is 1. The van der Waals surface area contributed by atoms with E-state index in [2.05, 4.69) is 11.8 Å². The van der Waals surface area contributed by atoms with Crippen LogP contribution in [0.15, 0.2) is 0 Å². The van der Waals surface area contributed by atoms with Crippen molar-refractivity contribution in [2.24, 2.45) is 11.1 Å². The van der Waals surface area contributed by atoms with Gasteiger partial charge in [-0.1, -0.05) is 5.92 Å². The maximum Gasteiger partial charge on any atom is 0.293 e. The fourth-order valence-electron chi connectivity index (χ4n) is 0.249. The van der Waals surface area contributed by atoms with E-state index in [0.717, 1.165) is 0 Å². The fraction of sp³-hybridized carbons (Fsp3) is 0.571. The lowest BCUT2D eigenvalue weighted by Gasteiger charge is -2.05. The Morgan fingerprint density at radius 1 is 1.44 bits per heavy atom. The summed E-state index contributed by atoms with van der Waals surface area (Å²) in [5.74, 6) is 4.41. The van der Waals surface area contributed by atoms with Gasteiger partial charge >= 0.3 is 0 Å². The van der Waals surface area contributed by atoms with E-state index in [4.69, 9.17) is 5.73 Å². The molecule has 0 aromatic carbocycles. The average Bonchev–Trinajstić information content (AvgIpc) is 1.59. The van der Waals surface area contributed by atoms with Crippen LogP contribution in [0.5, 0.6) is 0 Å². The minimum Gasteiger partial charge on any atom is -0.359 e. The van der Waals surface area contributed by atoms with Gasteiger partial charge in [0.1, 0.15) is 0 Å². The first kappa shape index (κ1) is 8.03. The van der Waals surface area contributed by atoms with E-state index in [0.29, 0.717) is 0 Å². The third-order valence-electron chi connectivity index (χ3n) is 0.561. The van der Waals surface area contributed by atoms with Crippen LogP contribution in [0.1, 0.15) is 20.8 Å². The molecule has 0 spiro atoms. The van der Waals surface area contributed by atoms with Crippen molar-refractivity contribution in [3.05, 3.63) is 0 Å². The molecule has 0 bridgehead atoms. The topological polar surface area (TPSA) is 43.1 Å². The highest BCUT2D eigenvalue weighted by Gasteiger charge is 2.03. The molecule has 9 heavy (non-hydrogen) atoms. The lowest BCUT2D eigenvalue weighted by molar-refractivity contribution is -0.112. The van der Waals surface area contributed by atoms with Crippen LogP contribution in [-0.4, -0.2) is 5.91 Å². The first-order chi connectivity index (χ1) is 3.92. The third-order valence-corrected chi connectivity index (χ3v) is 0.561. The van der Waals surface area contributed by atoms with E-state index in [9.17, 15) is 4.79 Å². The molecule has 2 nitrogen and oxygen atoms in total. The summed E-state index contributed by atoms with van der Waals surface area (Å²) < 4.78 is 0. The van der Waals surface area contributed by atoms with Crippen LogP contribution in [0.3, 0.4) is 0 Å². The molecule has 0 radical (unpaired) electrons. The zero-order valence-corrected chi connectivity index (χ0v) is 5.99. The number of amides is 1. The van der Waals surface area contributed by atoms with E-state index >= 15 is 0 Å². The Kier molecular flexibility index (Phi) is 2.27. The summed E-state index contributed by atoms with van der Waals surface area (Å²) in [7, 11) is 0. The number of rotatable bonds is 0. The summed E-state index contributed by atoms with van der Waals surface area (Å²) in [4.78, 5) is 10.1. The molecule has 0 rings (SSSR count). The second-order valence-electron chi connectivity index (χ2n) is 2.86. The van der Waals surface area contributed by atoms with E-state index in [1.807, 2.05) is 20.8 Å². The first-order valence-corrected chi connectivity index (χ1v) is 2.74. The molecule has 0 saturated carbocycles. The second kappa shape index (κ2) is 2.54. The zero-order valence-electron chi connectivity index (χ0n) is 5.99. The molecule has 0 aliphatic carbocycles. The minimum atomic E-state index is -0.565. The predicted molar refractivity (Wildman–Crippen MR) is 36.4 cm³/mol. The van der Waals surface area contributed by atoms with Crippen LogP contribution >= 0.6 is 0 Å². The summed E-state index contributed by atoms with van der Waals surface area (Å²) in [5.41, 5.74) is 4.66. The van der Waals surface area contributed by atoms with Crippen LogP contribution in [0.2, 0.25) is 0 Å². The van der Waals surface area contributed by atoms with E-state index in [-0.39, 0.29) is 5.41 Å². The normalized spacial score (nSPS) is 9.67. The number of nitrogens with two attached hydrogens (primary N) is 1. The van der Waals surface area contributed by atoms with Crippen LogP contribution < -0.4 is 5.73 Å². The predicted octanol–water partition coefficient (Wildman–Crippen LogP) is 0.521. The molecule has 0 aliphatic heterocycles. The second-order valence-corrected chi connectivity index (χ2v) is 2.86. The minimum absolute atomic E-state index is 0.130. The van der Waals surface area contributed by atoms with Gasteiger partial charge in [-0.15, -0.1) is 0 Å². The molecule has 0 unspecified atom stereocenters. The quantitative estimate of drug-likeness (QED) is 0.471. The smallest absolute Gasteiger partial charge is 0.293 e. The summed E-state index contributed by atoms with van der Waals surface area (Å²) in [6, 6.07) is 0. The molecular formula is C7H11NO. The Bertz CT molecular complexity index is 166. The molecule has 0 atom stereocenters. The maximum absolute atomic E-state index is 10.1. The average molecular weight is 125 g/mol. The van der Waals surface area contributed by atoms with Crippen molar-refractivity contribution in [1.82, 2.24) is 0 Å². The Balaban J connectivity index is 4.04. The lowest BCUT2D eigenvalue weighted by atomic mass is 9.98. The Morgan fingerprint density at radius 3 is 2.00 bits per heavy atom. The molecular weight excluding hydrogens is 114 g/mol. The van der Waals surface area contributed by atoms with E-state index < -0.39 is 5.91 Å². The molecule has 50 valence electrons. The van der Waals surface area contributed by atoms with Gasteiger partial charge in [0.05, 0.1) is 0 Å². The Labute approximate surface area is 55.4 Å². The third kappa shape index (κ3) is 7.03. The van der Waals surface area contributed by atoms with Crippen molar-refractivity contribution in [3.63, 3.8) is 0 Å². The molecule has 0 saturated heterocycles. The van der Waals surface area contributed by atoms with E-state index in [1.165, 1.54) is 0 Å².